The summed E-state index contributed by atoms with van der Waals surface area (Å²) in [4.78, 5) is 9.71. The van der Waals surface area contributed by atoms with Crippen LogP contribution in [0.2, 0.25) is 0 Å². The number of aromatic nitrogens is 3. The van der Waals surface area contributed by atoms with Crippen LogP contribution in [0.3, 0.4) is 0 Å². The van der Waals surface area contributed by atoms with Crippen molar-refractivity contribution in [2.45, 2.75) is 66.1 Å². The van der Waals surface area contributed by atoms with Gasteiger partial charge in [-0.15, -0.1) is 29.3 Å². The second-order valence-electron chi connectivity index (χ2n) is 17.5. The van der Waals surface area contributed by atoms with Gasteiger partial charge in [-0.3, -0.25) is 9.55 Å². The Kier molecular flexibility index (Phi) is 8.09. The molecule has 316 valence electrons. The van der Waals surface area contributed by atoms with E-state index in [4.69, 9.17) is 21.4 Å². The molecule has 7 aromatic carbocycles. The Labute approximate surface area is 404 Å². The summed E-state index contributed by atoms with van der Waals surface area (Å²) in [5, 5.41) is 11.6. The normalized spacial score (nSPS) is 15.1. The molecule has 0 amide bonds. The largest absolute Gasteiger partial charge is 0.507 e. The van der Waals surface area contributed by atoms with Gasteiger partial charge in [0.25, 0.3) is 0 Å². The topological polar surface area (TPSA) is 50.9 Å². The van der Waals surface area contributed by atoms with Crippen LogP contribution in [0.4, 0.5) is 0 Å². The summed E-state index contributed by atoms with van der Waals surface area (Å²) in [6.07, 6.45) is -0.629. The first kappa shape index (κ1) is 29.9. The van der Waals surface area contributed by atoms with E-state index in [1.807, 2.05) is 98.1 Å². The number of imidazole rings is 1. The number of aromatic hydroxyl groups is 1. The van der Waals surface area contributed by atoms with Crippen molar-refractivity contribution in [1.82, 2.24) is 14.5 Å². The van der Waals surface area contributed by atoms with Crippen molar-refractivity contribution in [2.75, 3.05) is 0 Å². The van der Waals surface area contributed by atoms with Gasteiger partial charge in [0.2, 0.25) is 0 Å². The average molecular weight is 1020 g/mol. The molecule has 0 atom stereocenters. The molecule has 4 nitrogen and oxygen atoms in total. The van der Waals surface area contributed by atoms with E-state index in [9.17, 15) is 6.48 Å². The smallest absolute Gasteiger partial charge is 0.148 e. The number of benzene rings is 7. The Bertz CT molecular complexity index is 3710. The Morgan fingerprint density at radius 2 is 1.29 bits per heavy atom. The van der Waals surface area contributed by atoms with E-state index in [1.165, 1.54) is 0 Å². The van der Waals surface area contributed by atoms with E-state index in [2.05, 4.69) is 44.0 Å². The van der Waals surface area contributed by atoms with Crippen LogP contribution >= 0.6 is 0 Å². The summed E-state index contributed by atoms with van der Waals surface area (Å²) in [6.45, 7) is 6.78. The molecule has 0 saturated carbocycles. The standard InChI is InChI=1S/C58H52N3O.Pt/c1-37-21-23-39(24-22-37)42-29-30-59-51(35-42)44-32-43(33-46(34-44)58(6,7)8)47-18-14-19-52-55(47)60-56(48-17-12-13-20-54(48)62)61(52)53-31-38(2)49(40-15-10-9-11-16-40)36-50(53)41-25-27-45(28-26-41)57(3,4)5;/h9-31,33-36,62H,1-8H3;/q-1;/i1D3,2D3,21D,22D,23D,24D,29D,30D,35D;. The maximum Gasteiger partial charge on any atom is 0.148 e. The van der Waals surface area contributed by atoms with Crippen molar-refractivity contribution in [2.24, 2.45) is 0 Å². The van der Waals surface area contributed by atoms with Gasteiger partial charge in [0.1, 0.15) is 11.6 Å². The Hall–Kier alpha value is -6.35. The Morgan fingerprint density at radius 1 is 0.603 bits per heavy atom. The fourth-order valence-electron chi connectivity index (χ4n) is 7.70. The molecule has 0 aliphatic carbocycles. The molecule has 0 saturated heterocycles. The van der Waals surface area contributed by atoms with Gasteiger partial charge in [-0.2, -0.15) is 0 Å². The van der Waals surface area contributed by atoms with Gasteiger partial charge in [-0.25, -0.2) is 4.98 Å². The number of hydrogen-bond donors (Lipinski definition) is 1. The monoisotopic (exact) mass is 1010 g/mol. The van der Waals surface area contributed by atoms with Crippen LogP contribution in [-0.4, -0.2) is 19.6 Å². The molecule has 0 radical (unpaired) electrons. The van der Waals surface area contributed by atoms with Gasteiger partial charge in [-0.1, -0.05) is 167 Å². The summed E-state index contributed by atoms with van der Waals surface area (Å²) in [5.74, 6) is 0.226. The quantitative estimate of drug-likeness (QED) is 0.162. The molecule has 2 aromatic heterocycles. The fraction of sp³-hybridized carbons (Fsp3) is 0.172. The molecule has 9 rings (SSSR count). The number of rotatable bonds is 7. The van der Waals surface area contributed by atoms with E-state index in [-0.39, 0.29) is 49.1 Å². The molecule has 0 fully saturated rings. The van der Waals surface area contributed by atoms with Crippen LogP contribution in [0.15, 0.2) is 164 Å². The van der Waals surface area contributed by atoms with E-state index in [1.54, 1.807) is 36.4 Å². The number of nitrogens with zero attached hydrogens (tertiary/aromatic N) is 3. The number of para-hydroxylation sites is 2. The third-order valence-corrected chi connectivity index (χ3v) is 11.1. The Balaban J connectivity index is 0.00000765. The van der Waals surface area contributed by atoms with Crippen LogP contribution in [0, 0.1) is 19.8 Å². The molecule has 5 heteroatoms. The van der Waals surface area contributed by atoms with Crippen LogP contribution in [0.1, 0.15) is 81.6 Å². The molecule has 0 bridgehead atoms. The minimum Gasteiger partial charge on any atom is -0.507 e. The van der Waals surface area contributed by atoms with Crippen molar-refractivity contribution >= 4 is 11.0 Å². The van der Waals surface area contributed by atoms with Gasteiger partial charge < -0.3 is 5.11 Å². The first-order chi connectivity index (χ1) is 35.1. The number of pyridine rings is 1. The molecule has 0 spiro atoms. The van der Waals surface area contributed by atoms with E-state index < -0.39 is 78.2 Å². The summed E-state index contributed by atoms with van der Waals surface area (Å²) in [7, 11) is 0. The second-order valence-corrected chi connectivity index (χ2v) is 17.5. The van der Waals surface area contributed by atoms with Gasteiger partial charge in [0.05, 0.1) is 31.9 Å². The van der Waals surface area contributed by atoms with Crippen LogP contribution in [0.25, 0.3) is 83.9 Å². The summed E-state index contributed by atoms with van der Waals surface area (Å²) in [5.41, 5.74) is 5.07. The summed E-state index contributed by atoms with van der Waals surface area (Å²) < 4.78 is 115. The first-order valence-corrected chi connectivity index (χ1v) is 20.4. The molecule has 0 aliphatic heterocycles. The summed E-state index contributed by atoms with van der Waals surface area (Å²) in [6, 6.07) is 36.1. The van der Waals surface area contributed by atoms with E-state index in [0.29, 0.717) is 55.9 Å². The number of fused-ring (bicyclic) bond motifs is 1. The summed E-state index contributed by atoms with van der Waals surface area (Å²) >= 11 is 0. The molecule has 63 heavy (non-hydrogen) atoms. The third-order valence-electron chi connectivity index (χ3n) is 11.1. The van der Waals surface area contributed by atoms with Crippen molar-refractivity contribution in [3.63, 3.8) is 0 Å². The molecule has 1 N–H and O–H groups in total. The van der Waals surface area contributed by atoms with E-state index >= 15 is 0 Å². The zero-order valence-electron chi connectivity index (χ0n) is 48.7. The number of aryl methyl sites for hydroxylation is 1. The fourth-order valence-corrected chi connectivity index (χ4v) is 7.70. The minimum absolute atomic E-state index is 0. The molecular weight excluding hydrogens is 950 g/mol. The van der Waals surface area contributed by atoms with Crippen molar-refractivity contribution in [1.29, 1.82) is 0 Å². The second kappa shape index (κ2) is 17.1. The van der Waals surface area contributed by atoms with E-state index in [0.717, 1.165) is 16.7 Å². The third kappa shape index (κ3) is 8.58. The SMILES string of the molecule is [2H]c1nc(-c2[c-]c(-c3cccc4c3nc(-c3ccccc3O)n4-c3cc(C([2H])([2H])[2H])c(-c4ccccc4)cc3-c3ccc(C(C)(C)C)cc3)cc(C(C)(C)C)c2)c([2H])c(-c2c([2H])c([2H])c(C([2H])([2H])[2H])c([2H])c2[2H])c1[2H].[Pt]. The predicted octanol–water partition coefficient (Wildman–Crippen LogP) is 15.1. The molecule has 0 unspecified atom stereocenters. The molecule has 9 aromatic rings. The predicted molar refractivity (Wildman–Crippen MR) is 259 cm³/mol. The average Bonchev–Trinajstić information content (AvgIpc) is 3.76. The first-order valence-electron chi connectivity index (χ1n) is 26.9. The zero-order valence-corrected chi connectivity index (χ0v) is 37.9. The van der Waals surface area contributed by atoms with Gasteiger partial charge in [-0.05, 0) is 99.9 Å². The zero-order chi connectivity index (χ0) is 54.4. The molecular formula is C58H52N3OPt-. The minimum atomic E-state index is -3.00. The number of hydrogen-bond acceptors (Lipinski definition) is 3. The number of phenolic OH excluding ortho intramolecular Hbond substituents is 1. The van der Waals surface area contributed by atoms with Crippen LogP contribution < -0.4 is 0 Å². The van der Waals surface area contributed by atoms with Gasteiger partial charge in [0, 0.05) is 46.7 Å². The number of phenols is 1. The molecule has 2 heterocycles. The van der Waals surface area contributed by atoms with Gasteiger partial charge >= 0.3 is 0 Å². The van der Waals surface area contributed by atoms with Crippen LogP contribution in [0.5, 0.6) is 5.75 Å². The van der Waals surface area contributed by atoms with Crippen molar-refractivity contribution in [3.05, 3.63) is 192 Å². The van der Waals surface area contributed by atoms with Crippen molar-refractivity contribution < 1.29 is 44.0 Å². The maximum atomic E-state index is 11.6. The molecule has 0 aliphatic rings. The maximum absolute atomic E-state index is 11.6. The Morgan fingerprint density at radius 3 is 1.98 bits per heavy atom. The van der Waals surface area contributed by atoms with Crippen LogP contribution in [-0.2, 0) is 31.9 Å². The van der Waals surface area contributed by atoms with Gasteiger partial charge in [0.15, 0.2) is 0 Å². The van der Waals surface area contributed by atoms with Crippen molar-refractivity contribution in [3.8, 4) is 78.6 Å².